The first-order valence-electron chi connectivity index (χ1n) is 7.11. The zero-order chi connectivity index (χ0) is 15.2. The lowest BCUT2D eigenvalue weighted by atomic mass is 10.2. The molecule has 0 spiro atoms. The van der Waals surface area contributed by atoms with Gasteiger partial charge in [0.2, 0.25) is 5.88 Å². The van der Waals surface area contributed by atoms with Gasteiger partial charge in [-0.2, -0.15) is 4.98 Å². The van der Waals surface area contributed by atoms with Crippen molar-refractivity contribution >= 4 is 5.82 Å². The Balaban J connectivity index is 2.33. The van der Waals surface area contributed by atoms with Crippen molar-refractivity contribution in [3.8, 4) is 11.6 Å². The number of ether oxygens (including phenoxy) is 1. The summed E-state index contributed by atoms with van der Waals surface area (Å²) in [6.07, 6.45) is 1.02. The molecule has 1 heterocycles. The molecular weight excluding hydrogens is 266 g/mol. The molecule has 0 fully saturated rings. The van der Waals surface area contributed by atoms with Crippen molar-refractivity contribution in [2.24, 2.45) is 0 Å². The van der Waals surface area contributed by atoms with Crippen molar-refractivity contribution in [1.82, 2.24) is 9.97 Å². The summed E-state index contributed by atoms with van der Waals surface area (Å²) < 4.78 is 5.88. The minimum absolute atomic E-state index is 0.0692. The fourth-order valence-electron chi connectivity index (χ4n) is 1.96. The van der Waals surface area contributed by atoms with Crippen molar-refractivity contribution in [1.29, 1.82) is 0 Å². The van der Waals surface area contributed by atoms with Gasteiger partial charge in [-0.05, 0) is 26.3 Å². The first kappa shape index (κ1) is 15.3. The summed E-state index contributed by atoms with van der Waals surface area (Å²) in [5, 5.41) is 12.6. The molecule has 2 rings (SSSR count). The van der Waals surface area contributed by atoms with Crippen LogP contribution < -0.4 is 10.1 Å². The SMILES string of the molecule is CCCNc1nc(C)nc(Oc2ccccc2CO)c1C. The van der Waals surface area contributed by atoms with Gasteiger partial charge in [0.25, 0.3) is 0 Å². The Morgan fingerprint density at radius 1 is 1.19 bits per heavy atom. The molecule has 0 bridgehead atoms. The number of hydrogen-bond acceptors (Lipinski definition) is 5. The molecule has 21 heavy (non-hydrogen) atoms. The number of nitrogens with one attached hydrogen (secondary N) is 1. The first-order chi connectivity index (χ1) is 10.2. The van der Waals surface area contributed by atoms with Crippen LogP contribution in [-0.2, 0) is 6.61 Å². The van der Waals surface area contributed by atoms with Crippen LogP contribution in [0.5, 0.6) is 11.6 Å². The van der Waals surface area contributed by atoms with Crippen LogP contribution in [0.1, 0.15) is 30.3 Å². The van der Waals surface area contributed by atoms with Crippen molar-refractivity contribution < 1.29 is 9.84 Å². The van der Waals surface area contributed by atoms with E-state index in [2.05, 4.69) is 22.2 Å². The molecule has 0 aliphatic rings. The molecule has 0 saturated carbocycles. The van der Waals surface area contributed by atoms with Crippen LogP contribution in [0.3, 0.4) is 0 Å². The van der Waals surface area contributed by atoms with E-state index in [4.69, 9.17) is 4.74 Å². The zero-order valence-corrected chi connectivity index (χ0v) is 12.7. The van der Waals surface area contributed by atoms with Crippen molar-refractivity contribution in [2.75, 3.05) is 11.9 Å². The third-order valence-electron chi connectivity index (χ3n) is 3.10. The van der Waals surface area contributed by atoms with E-state index in [1.165, 1.54) is 0 Å². The summed E-state index contributed by atoms with van der Waals surface area (Å²) in [7, 11) is 0. The van der Waals surface area contributed by atoms with Crippen LogP contribution in [0.4, 0.5) is 5.82 Å². The highest BCUT2D eigenvalue weighted by atomic mass is 16.5. The maximum Gasteiger partial charge on any atom is 0.227 e. The van der Waals surface area contributed by atoms with Gasteiger partial charge in [-0.15, -0.1) is 0 Å². The average molecular weight is 287 g/mol. The number of aliphatic hydroxyl groups excluding tert-OH is 1. The van der Waals surface area contributed by atoms with Gasteiger partial charge in [-0.1, -0.05) is 25.1 Å². The largest absolute Gasteiger partial charge is 0.438 e. The van der Waals surface area contributed by atoms with Gasteiger partial charge in [0.15, 0.2) is 0 Å². The molecule has 112 valence electrons. The smallest absolute Gasteiger partial charge is 0.227 e. The lowest BCUT2D eigenvalue weighted by Gasteiger charge is -2.14. The second-order valence-electron chi connectivity index (χ2n) is 4.84. The number of aliphatic hydroxyl groups is 1. The molecule has 1 aromatic carbocycles. The van der Waals surface area contributed by atoms with E-state index in [-0.39, 0.29) is 6.61 Å². The van der Waals surface area contributed by atoms with E-state index in [0.29, 0.717) is 17.5 Å². The van der Waals surface area contributed by atoms with Gasteiger partial charge in [0, 0.05) is 12.1 Å². The lowest BCUT2D eigenvalue weighted by molar-refractivity contribution is 0.276. The van der Waals surface area contributed by atoms with Crippen LogP contribution in [0, 0.1) is 13.8 Å². The van der Waals surface area contributed by atoms with Gasteiger partial charge in [-0.25, -0.2) is 4.98 Å². The number of benzene rings is 1. The van der Waals surface area contributed by atoms with Gasteiger partial charge < -0.3 is 15.2 Å². The Labute approximate surface area is 125 Å². The predicted molar refractivity (Wildman–Crippen MR) is 82.7 cm³/mol. The number of anilines is 1. The van der Waals surface area contributed by atoms with Crippen LogP contribution in [0.25, 0.3) is 0 Å². The predicted octanol–water partition coefficient (Wildman–Crippen LogP) is 3.20. The highest BCUT2D eigenvalue weighted by molar-refractivity contribution is 5.50. The fourth-order valence-corrected chi connectivity index (χ4v) is 1.96. The minimum atomic E-state index is -0.0692. The number of nitrogens with zero attached hydrogens (tertiary/aromatic N) is 2. The molecule has 0 radical (unpaired) electrons. The summed E-state index contributed by atoms with van der Waals surface area (Å²) in [5.74, 6) is 2.57. The zero-order valence-electron chi connectivity index (χ0n) is 12.7. The molecule has 2 aromatic rings. The van der Waals surface area contributed by atoms with Crippen LogP contribution in [0.2, 0.25) is 0 Å². The number of para-hydroxylation sites is 1. The molecule has 1 aromatic heterocycles. The molecule has 0 aliphatic carbocycles. The van der Waals surface area contributed by atoms with Crippen LogP contribution in [0.15, 0.2) is 24.3 Å². The van der Waals surface area contributed by atoms with Gasteiger partial charge in [0.1, 0.15) is 17.4 Å². The molecule has 0 amide bonds. The van der Waals surface area contributed by atoms with Crippen molar-refractivity contribution in [3.05, 3.63) is 41.2 Å². The van der Waals surface area contributed by atoms with Crippen LogP contribution >= 0.6 is 0 Å². The third kappa shape index (κ3) is 3.70. The number of aromatic nitrogens is 2. The fraction of sp³-hybridized carbons (Fsp3) is 0.375. The minimum Gasteiger partial charge on any atom is -0.438 e. The summed E-state index contributed by atoms with van der Waals surface area (Å²) in [4.78, 5) is 8.76. The van der Waals surface area contributed by atoms with Crippen LogP contribution in [-0.4, -0.2) is 21.6 Å². The van der Waals surface area contributed by atoms with E-state index in [1.807, 2.05) is 38.1 Å². The summed E-state index contributed by atoms with van der Waals surface area (Å²) in [6, 6.07) is 7.38. The highest BCUT2D eigenvalue weighted by Crippen LogP contribution is 2.29. The molecule has 0 aliphatic heterocycles. The average Bonchev–Trinajstić information content (AvgIpc) is 2.49. The van der Waals surface area contributed by atoms with E-state index in [9.17, 15) is 5.11 Å². The molecule has 2 N–H and O–H groups in total. The normalized spacial score (nSPS) is 10.5. The summed E-state index contributed by atoms with van der Waals surface area (Å²) in [5.41, 5.74) is 1.60. The Bertz CT molecular complexity index is 614. The standard InChI is InChI=1S/C16H21N3O2/c1-4-9-17-15-11(2)16(19-12(3)18-15)21-14-8-6-5-7-13(14)10-20/h5-8,20H,4,9-10H2,1-3H3,(H,17,18,19). The molecular formula is C16H21N3O2. The monoisotopic (exact) mass is 287 g/mol. The number of aryl methyl sites for hydroxylation is 1. The summed E-state index contributed by atoms with van der Waals surface area (Å²) in [6.45, 7) is 6.64. The molecule has 0 unspecified atom stereocenters. The maximum atomic E-state index is 9.37. The molecule has 0 atom stereocenters. The summed E-state index contributed by atoms with van der Waals surface area (Å²) >= 11 is 0. The van der Waals surface area contributed by atoms with E-state index < -0.39 is 0 Å². The topological polar surface area (TPSA) is 67.3 Å². The lowest BCUT2D eigenvalue weighted by Crippen LogP contribution is -2.07. The van der Waals surface area contributed by atoms with E-state index >= 15 is 0 Å². The van der Waals surface area contributed by atoms with E-state index in [1.54, 1.807) is 0 Å². The number of rotatable bonds is 6. The first-order valence-corrected chi connectivity index (χ1v) is 7.11. The highest BCUT2D eigenvalue weighted by Gasteiger charge is 2.12. The van der Waals surface area contributed by atoms with Crippen molar-refractivity contribution in [2.45, 2.75) is 33.8 Å². The Hall–Kier alpha value is -2.14. The van der Waals surface area contributed by atoms with Gasteiger partial charge in [0.05, 0.1) is 12.2 Å². The second-order valence-corrected chi connectivity index (χ2v) is 4.84. The number of hydrogen-bond donors (Lipinski definition) is 2. The van der Waals surface area contributed by atoms with Gasteiger partial charge in [-0.3, -0.25) is 0 Å². The second kappa shape index (κ2) is 7.04. The van der Waals surface area contributed by atoms with E-state index in [0.717, 1.165) is 29.9 Å². The Morgan fingerprint density at radius 2 is 1.95 bits per heavy atom. The van der Waals surface area contributed by atoms with Gasteiger partial charge >= 0.3 is 0 Å². The van der Waals surface area contributed by atoms with Crippen molar-refractivity contribution in [3.63, 3.8) is 0 Å². The molecule has 0 saturated heterocycles. The third-order valence-corrected chi connectivity index (χ3v) is 3.10. The molecule has 5 heteroatoms. The Morgan fingerprint density at radius 3 is 2.67 bits per heavy atom. The Kier molecular flexibility index (Phi) is 5.11. The molecule has 5 nitrogen and oxygen atoms in total. The quantitative estimate of drug-likeness (QED) is 0.854. The maximum absolute atomic E-state index is 9.37.